The van der Waals surface area contributed by atoms with Crippen molar-refractivity contribution in [3.05, 3.63) is 65.7 Å². The van der Waals surface area contributed by atoms with Crippen LogP contribution in [0, 0.1) is 0 Å². The molecule has 17 heteroatoms. The number of urea groups is 1. The van der Waals surface area contributed by atoms with Crippen molar-refractivity contribution < 1.29 is 23.7 Å². The molecule has 5 aliphatic rings. The van der Waals surface area contributed by atoms with E-state index < -0.39 is 11.8 Å². The largest absolute Gasteiger partial charge is 0.366 e. The third-order valence-corrected chi connectivity index (χ3v) is 13.2. The Morgan fingerprint density at radius 1 is 0.932 bits per heavy atom. The first-order valence-electron chi connectivity index (χ1n) is 20.7. The number of fused-ring (bicyclic) bond motifs is 3. The molecule has 5 fully saturated rings. The number of benzene rings is 2. The van der Waals surface area contributed by atoms with E-state index in [1.807, 2.05) is 42.4 Å². The van der Waals surface area contributed by atoms with E-state index in [9.17, 15) is 19.2 Å². The first-order chi connectivity index (χ1) is 28.7. The van der Waals surface area contributed by atoms with Gasteiger partial charge in [-0.3, -0.25) is 24.6 Å². The molecule has 0 radical (unpaired) electrons. The predicted molar refractivity (Wildman–Crippen MR) is 221 cm³/mol. The molecular formula is C42H48N12O5. The molecule has 5 N–H and O–H groups in total. The molecule has 306 valence electrons. The van der Waals surface area contributed by atoms with E-state index in [1.54, 1.807) is 11.1 Å². The van der Waals surface area contributed by atoms with Crippen LogP contribution in [0.15, 0.2) is 53.3 Å². The number of piperidine rings is 3. The number of aromatic nitrogens is 4. The molecule has 1 unspecified atom stereocenters. The Balaban J connectivity index is 0.758. The number of aromatic amines is 1. The molecule has 3 aromatic heterocycles. The Morgan fingerprint density at radius 2 is 1.73 bits per heavy atom. The number of nitrogens with two attached hydrogens (primary N) is 1. The smallest absolute Gasteiger partial charge is 0.320 e. The van der Waals surface area contributed by atoms with E-state index in [4.69, 9.17) is 15.2 Å². The van der Waals surface area contributed by atoms with Crippen LogP contribution in [0.1, 0.15) is 72.1 Å². The summed E-state index contributed by atoms with van der Waals surface area (Å²) in [6.45, 7) is 6.75. The fourth-order valence-corrected chi connectivity index (χ4v) is 9.79. The summed E-state index contributed by atoms with van der Waals surface area (Å²) < 4.78 is 5.81. The van der Waals surface area contributed by atoms with Crippen molar-refractivity contribution in [3.8, 4) is 0 Å². The summed E-state index contributed by atoms with van der Waals surface area (Å²) in [5.41, 5.74) is 11.2. The summed E-state index contributed by atoms with van der Waals surface area (Å²) >= 11 is 0. The van der Waals surface area contributed by atoms with Crippen molar-refractivity contribution in [1.82, 2.24) is 40.1 Å². The van der Waals surface area contributed by atoms with Crippen LogP contribution in [0.5, 0.6) is 0 Å². The highest BCUT2D eigenvalue weighted by Crippen LogP contribution is 2.41. The van der Waals surface area contributed by atoms with Gasteiger partial charge in [-0.1, -0.05) is 17.3 Å². The van der Waals surface area contributed by atoms with Gasteiger partial charge in [-0.15, -0.1) is 0 Å². The van der Waals surface area contributed by atoms with E-state index in [0.29, 0.717) is 47.8 Å². The zero-order valence-corrected chi connectivity index (χ0v) is 33.0. The minimum atomic E-state index is -0.652. The molecule has 8 heterocycles. The molecule has 5 amide bonds. The molecule has 5 aliphatic heterocycles. The number of carbonyl (C=O) groups excluding carboxylic acids is 4. The van der Waals surface area contributed by atoms with Crippen molar-refractivity contribution in [2.75, 3.05) is 74.5 Å². The third-order valence-electron chi connectivity index (χ3n) is 13.2. The molecule has 17 nitrogen and oxygen atoms in total. The average Bonchev–Trinajstić information content (AvgIpc) is 3.97. The number of likely N-dealkylation sites (tertiary alicyclic amines) is 1. The average molecular weight is 801 g/mol. The molecule has 0 aliphatic carbocycles. The highest BCUT2D eigenvalue weighted by molar-refractivity contribution is 6.13. The van der Waals surface area contributed by atoms with Gasteiger partial charge in [0.2, 0.25) is 11.8 Å². The first kappa shape index (κ1) is 37.1. The molecule has 2 atom stereocenters. The van der Waals surface area contributed by atoms with E-state index in [2.05, 4.69) is 52.6 Å². The number of imide groups is 1. The van der Waals surface area contributed by atoms with Gasteiger partial charge in [0, 0.05) is 82.1 Å². The van der Waals surface area contributed by atoms with Crippen molar-refractivity contribution in [3.63, 3.8) is 0 Å². The van der Waals surface area contributed by atoms with Gasteiger partial charge in [0.1, 0.15) is 11.5 Å². The Bertz CT molecular complexity index is 2450. The summed E-state index contributed by atoms with van der Waals surface area (Å²) in [5, 5.41) is 11.9. The van der Waals surface area contributed by atoms with Gasteiger partial charge in [0.15, 0.2) is 17.1 Å². The molecule has 0 bridgehead atoms. The standard InChI is InChI=1S/C42H48N12O5/c1-50-17-18-54(42(50)58)27-3-2-14-52(21-27)33-20-45-38(39(43)56)40(47-33)46-26-6-4-24(5-7-26)25-11-15-51(16-12-25)28-22-53(23-28)31-19-32-35(29-10-13-44-36(29)31)37(49-59-32)30-8-9-34(55)48-41(30)57/h4-7,10,13,19-20,25,27-28,30,44H,2-3,8-9,11-12,14-18,21-23H2,1H3,(H2,43,56)(H,46,47)(H,48,55,57)/t27-,30?/m1/s1. The molecule has 5 saturated heterocycles. The summed E-state index contributed by atoms with van der Waals surface area (Å²) in [6, 6.07) is 13.0. The number of likely N-dealkylation sites (N-methyl/N-ethyl adjacent to an activating group) is 1. The topological polar surface area (TPSA) is 202 Å². The van der Waals surface area contributed by atoms with Crippen molar-refractivity contribution in [2.45, 2.75) is 62.4 Å². The Labute approximate surface area is 340 Å². The van der Waals surface area contributed by atoms with Crippen molar-refractivity contribution in [1.29, 1.82) is 0 Å². The normalized spacial score (nSPS) is 22.4. The predicted octanol–water partition coefficient (Wildman–Crippen LogP) is 3.87. The highest BCUT2D eigenvalue weighted by Gasteiger charge is 2.38. The van der Waals surface area contributed by atoms with Gasteiger partial charge in [0.05, 0.1) is 34.7 Å². The number of rotatable bonds is 9. The van der Waals surface area contributed by atoms with E-state index >= 15 is 0 Å². The number of primary amides is 1. The maximum atomic E-state index is 12.7. The number of hydrogen-bond donors (Lipinski definition) is 4. The first-order valence-corrected chi connectivity index (χ1v) is 20.7. The molecule has 0 saturated carbocycles. The number of carbonyl (C=O) groups is 4. The fourth-order valence-electron chi connectivity index (χ4n) is 9.79. The summed E-state index contributed by atoms with van der Waals surface area (Å²) in [4.78, 5) is 73.0. The SMILES string of the molecule is CN1CCN([C@@H]2CCCN(c3cnc(C(N)=O)c(Nc4ccc(C5CCN(C6CN(c7cc8onc(C9CCC(=O)NC9=O)c8c8cc[nH]c78)C6)CC5)cc4)n3)C2)C1=O. The minimum Gasteiger partial charge on any atom is -0.366 e. The quantitative estimate of drug-likeness (QED) is 0.157. The van der Waals surface area contributed by atoms with Crippen LogP contribution in [0.4, 0.5) is 27.8 Å². The summed E-state index contributed by atoms with van der Waals surface area (Å²) in [7, 11) is 1.84. The fraction of sp³-hybridized carbons (Fsp3) is 0.452. The van der Waals surface area contributed by atoms with Gasteiger partial charge in [-0.2, -0.15) is 0 Å². The van der Waals surface area contributed by atoms with Gasteiger partial charge in [0.25, 0.3) is 5.91 Å². The summed E-state index contributed by atoms with van der Waals surface area (Å²) in [5.74, 6) is -0.335. The lowest BCUT2D eigenvalue weighted by molar-refractivity contribution is -0.134. The van der Waals surface area contributed by atoms with Crippen LogP contribution in [0.25, 0.3) is 21.9 Å². The molecule has 2 aromatic carbocycles. The Morgan fingerprint density at radius 3 is 2.47 bits per heavy atom. The van der Waals surface area contributed by atoms with Crippen molar-refractivity contribution >= 4 is 68.6 Å². The maximum Gasteiger partial charge on any atom is 0.320 e. The zero-order valence-electron chi connectivity index (χ0n) is 33.0. The number of amides is 5. The van der Waals surface area contributed by atoms with Gasteiger partial charge >= 0.3 is 6.03 Å². The number of anilines is 4. The second kappa shape index (κ2) is 14.9. The monoisotopic (exact) mass is 800 g/mol. The number of nitrogens with zero attached hydrogens (tertiary/aromatic N) is 8. The van der Waals surface area contributed by atoms with E-state index in [-0.39, 0.29) is 36.0 Å². The summed E-state index contributed by atoms with van der Waals surface area (Å²) in [6.07, 6.45) is 8.20. The lowest BCUT2D eigenvalue weighted by Gasteiger charge is -2.48. The van der Waals surface area contributed by atoms with E-state index in [1.165, 1.54) is 5.56 Å². The third kappa shape index (κ3) is 6.76. The molecule has 59 heavy (non-hydrogen) atoms. The zero-order chi connectivity index (χ0) is 40.4. The lowest BCUT2D eigenvalue weighted by atomic mass is 9.88. The Kier molecular flexibility index (Phi) is 9.33. The molecule has 0 spiro atoms. The number of nitrogens with one attached hydrogen (secondary N) is 3. The lowest BCUT2D eigenvalue weighted by Crippen LogP contribution is -2.60. The minimum absolute atomic E-state index is 0.0667. The number of hydrogen-bond acceptors (Lipinski definition) is 12. The van der Waals surface area contributed by atoms with Crippen LogP contribution >= 0.6 is 0 Å². The van der Waals surface area contributed by atoms with Crippen LogP contribution in [0.3, 0.4) is 0 Å². The molecule has 5 aromatic rings. The molecular weight excluding hydrogens is 753 g/mol. The van der Waals surface area contributed by atoms with Crippen molar-refractivity contribution in [2.24, 2.45) is 5.73 Å². The Hall–Kier alpha value is -6.23. The highest BCUT2D eigenvalue weighted by atomic mass is 16.5. The second-order valence-corrected chi connectivity index (χ2v) is 16.7. The van der Waals surface area contributed by atoms with Crippen LogP contribution < -0.4 is 26.2 Å². The van der Waals surface area contributed by atoms with Crippen LogP contribution in [-0.4, -0.2) is 130 Å². The van der Waals surface area contributed by atoms with Crippen LogP contribution in [0.2, 0.25) is 0 Å². The maximum absolute atomic E-state index is 12.7. The van der Waals surface area contributed by atoms with E-state index in [0.717, 1.165) is 99.2 Å². The number of H-pyrrole nitrogens is 1. The molecule has 10 rings (SSSR count). The van der Waals surface area contributed by atoms with Crippen LogP contribution in [-0.2, 0) is 9.59 Å². The van der Waals surface area contributed by atoms with Gasteiger partial charge in [-0.25, -0.2) is 14.8 Å². The second-order valence-electron chi connectivity index (χ2n) is 16.7. The van der Waals surface area contributed by atoms with Gasteiger partial charge in [-0.05, 0) is 74.9 Å². The van der Waals surface area contributed by atoms with Gasteiger partial charge < -0.3 is 40.2 Å².